The number of carbonyl (C=O) groups is 1. The van der Waals surface area contributed by atoms with E-state index in [4.69, 9.17) is 4.74 Å². The van der Waals surface area contributed by atoms with Gasteiger partial charge in [0.25, 0.3) is 0 Å². The minimum Gasteiger partial charge on any atom is -0.507 e. The summed E-state index contributed by atoms with van der Waals surface area (Å²) < 4.78 is 5.98. The smallest absolute Gasteiger partial charge is 0.174 e. The highest BCUT2D eigenvalue weighted by molar-refractivity contribution is 6.03. The van der Waals surface area contributed by atoms with E-state index in [0.717, 1.165) is 24.0 Å². The standard InChI is InChI=1S/C26H30O4/c1-16(2)6-5-7-17(3)10-13-20-21(27)14-24-25(26(20)29)22(28)15-23(30-24)19-11-8-18(4)9-12-19/h6,8-12,14,23,27,29H,5,7,13,15H2,1-4H3/b17-10+/t23-/m0/s1. The fraction of sp³-hybridized carbons (Fsp3) is 0.346. The van der Waals surface area contributed by atoms with E-state index in [1.807, 2.05) is 44.2 Å². The third-order valence-corrected chi connectivity index (χ3v) is 5.46. The molecule has 2 aromatic carbocycles. The van der Waals surface area contributed by atoms with Crippen molar-refractivity contribution >= 4 is 5.78 Å². The zero-order valence-corrected chi connectivity index (χ0v) is 18.2. The molecule has 2 N–H and O–H groups in total. The Morgan fingerprint density at radius 2 is 1.83 bits per heavy atom. The molecule has 1 aliphatic rings. The number of hydrogen-bond acceptors (Lipinski definition) is 4. The lowest BCUT2D eigenvalue weighted by Crippen LogP contribution is -2.21. The number of rotatable bonds is 6. The van der Waals surface area contributed by atoms with Gasteiger partial charge in [-0.1, -0.05) is 53.1 Å². The summed E-state index contributed by atoms with van der Waals surface area (Å²) >= 11 is 0. The Kier molecular flexibility index (Phi) is 6.66. The molecular formula is C26H30O4. The van der Waals surface area contributed by atoms with E-state index in [0.29, 0.717) is 12.0 Å². The molecule has 4 nitrogen and oxygen atoms in total. The van der Waals surface area contributed by atoms with Crippen LogP contribution in [0.4, 0.5) is 0 Å². The molecule has 3 rings (SSSR count). The van der Waals surface area contributed by atoms with Crippen molar-refractivity contribution in [1.29, 1.82) is 0 Å². The van der Waals surface area contributed by atoms with Crippen molar-refractivity contribution in [3.8, 4) is 17.2 Å². The lowest BCUT2D eigenvalue weighted by Gasteiger charge is -2.27. The molecule has 158 valence electrons. The largest absolute Gasteiger partial charge is 0.507 e. The molecule has 1 heterocycles. The molecular weight excluding hydrogens is 376 g/mol. The van der Waals surface area contributed by atoms with Crippen LogP contribution in [0.5, 0.6) is 17.2 Å². The van der Waals surface area contributed by atoms with Gasteiger partial charge in [0.15, 0.2) is 5.78 Å². The Morgan fingerprint density at radius 1 is 1.13 bits per heavy atom. The fourth-order valence-corrected chi connectivity index (χ4v) is 3.64. The number of benzene rings is 2. The number of phenols is 2. The minimum absolute atomic E-state index is 0.0584. The highest BCUT2D eigenvalue weighted by Gasteiger charge is 2.32. The molecule has 0 aliphatic carbocycles. The average Bonchev–Trinajstić information content (AvgIpc) is 2.67. The lowest BCUT2D eigenvalue weighted by atomic mass is 9.92. The van der Waals surface area contributed by atoms with Crippen LogP contribution in [-0.4, -0.2) is 16.0 Å². The molecule has 0 bridgehead atoms. The van der Waals surface area contributed by atoms with Crippen LogP contribution in [0.25, 0.3) is 0 Å². The van der Waals surface area contributed by atoms with Gasteiger partial charge in [0, 0.05) is 11.6 Å². The Bertz CT molecular complexity index is 993. The first-order chi connectivity index (χ1) is 14.3. The highest BCUT2D eigenvalue weighted by atomic mass is 16.5. The zero-order chi connectivity index (χ0) is 21.8. The summed E-state index contributed by atoms with van der Waals surface area (Å²) in [6.45, 7) is 8.18. The van der Waals surface area contributed by atoms with Gasteiger partial charge in [0.2, 0.25) is 0 Å². The van der Waals surface area contributed by atoms with E-state index in [2.05, 4.69) is 19.9 Å². The van der Waals surface area contributed by atoms with Crippen LogP contribution >= 0.6 is 0 Å². The zero-order valence-electron chi connectivity index (χ0n) is 18.2. The molecule has 0 fully saturated rings. The number of hydrogen-bond donors (Lipinski definition) is 2. The van der Waals surface area contributed by atoms with Gasteiger partial charge in [-0.2, -0.15) is 0 Å². The van der Waals surface area contributed by atoms with E-state index < -0.39 is 6.10 Å². The summed E-state index contributed by atoms with van der Waals surface area (Å²) in [6.07, 6.45) is 6.14. The Morgan fingerprint density at radius 3 is 2.50 bits per heavy atom. The predicted octanol–water partition coefficient (Wildman–Crippen LogP) is 6.35. The number of ether oxygens (including phenoxy) is 1. The predicted molar refractivity (Wildman–Crippen MR) is 119 cm³/mol. The maximum absolute atomic E-state index is 12.8. The van der Waals surface area contributed by atoms with Gasteiger partial charge in [-0.05, 0) is 52.5 Å². The number of ketones is 1. The molecule has 0 aromatic heterocycles. The highest BCUT2D eigenvalue weighted by Crippen LogP contribution is 2.44. The third kappa shape index (κ3) is 4.93. The summed E-state index contributed by atoms with van der Waals surface area (Å²) in [7, 11) is 0. The molecule has 0 unspecified atom stereocenters. The minimum atomic E-state index is -0.424. The molecule has 2 aromatic rings. The van der Waals surface area contributed by atoms with Crippen molar-refractivity contribution in [2.24, 2.45) is 0 Å². The third-order valence-electron chi connectivity index (χ3n) is 5.46. The maximum atomic E-state index is 12.8. The molecule has 1 aliphatic heterocycles. The number of Topliss-reactive ketones (excluding diaryl/α,β-unsaturated/α-hetero) is 1. The second-order valence-electron chi connectivity index (χ2n) is 8.32. The molecule has 0 spiro atoms. The molecule has 0 saturated heterocycles. The Hall–Kier alpha value is -3.01. The lowest BCUT2D eigenvalue weighted by molar-refractivity contribution is 0.0844. The van der Waals surface area contributed by atoms with E-state index in [1.54, 1.807) is 0 Å². The van der Waals surface area contributed by atoms with Crippen molar-refractivity contribution < 1.29 is 19.7 Å². The van der Waals surface area contributed by atoms with Crippen LogP contribution in [0.1, 0.15) is 73.2 Å². The summed E-state index contributed by atoms with van der Waals surface area (Å²) in [5.74, 6) is -0.174. The van der Waals surface area contributed by atoms with Crippen LogP contribution < -0.4 is 4.74 Å². The second-order valence-corrected chi connectivity index (χ2v) is 8.32. The number of phenolic OH excluding ortho intramolecular Hbond substituents is 2. The van der Waals surface area contributed by atoms with Gasteiger partial charge >= 0.3 is 0 Å². The first-order valence-electron chi connectivity index (χ1n) is 10.4. The monoisotopic (exact) mass is 406 g/mol. The van der Waals surface area contributed by atoms with Crippen molar-refractivity contribution in [2.45, 2.75) is 59.5 Å². The van der Waals surface area contributed by atoms with Crippen molar-refractivity contribution in [3.63, 3.8) is 0 Å². The SMILES string of the molecule is CC(C)=CCC/C(C)=C/Cc1c(O)cc2c(c1O)C(=O)C[C@@H](c1ccc(C)cc1)O2. The van der Waals surface area contributed by atoms with Crippen molar-refractivity contribution in [3.05, 3.63) is 75.9 Å². The summed E-state index contributed by atoms with van der Waals surface area (Å²) in [4.78, 5) is 12.8. The number of aryl methyl sites for hydroxylation is 1. The molecule has 0 saturated carbocycles. The van der Waals surface area contributed by atoms with Crippen LogP contribution in [0.15, 0.2) is 53.6 Å². The van der Waals surface area contributed by atoms with Crippen molar-refractivity contribution in [2.75, 3.05) is 0 Å². The number of aromatic hydroxyl groups is 2. The van der Waals surface area contributed by atoms with E-state index >= 15 is 0 Å². The van der Waals surface area contributed by atoms with Crippen LogP contribution in [-0.2, 0) is 6.42 Å². The van der Waals surface area contributed by atoms with Gasteiger partial charge in [0.05, 0.1) is 6.42 Å². The molecule has 0 radical (unpaired) electrons. The van der Waals surface area contributed by atoms with E-state index in [1.165, 1.54) is 17.2 Å². The van der Waals surface area contributed by atoms with Gasteiger partial charge in [-0.25, -0.2) is 0 Å². The Balaban J connectivity index is 1.82. The summed E-state index contributed by atoms with van der Waals surface area (Å²) in [6, 6.07) is 9.28. The quantitative estimate of drug-likeness (QED) is 0.549. The van der Waals surface area contributed by atoms with Gasteiger partial charge < -0.3 is 14.9 Å². The van der Waals surface area contributed by atoms with E-state index in [-0.39, 0.29) is 35.0 Å². The van der Waals surface area contributed by atoms with Crippen LogP contribution in [0, 0.1) is 6.92 Å². The first kappa shape index (κ1) is 21.7. The van der Waals surface area contributed by atoms with E-state index in [9.17, 15) is 15.0 Å². The molecule has 30 heavy (non-hydrogen) atoms. The number of carbonyl (C=O) groups excluding carboxylic acids is 1. The number of allylic oxidation sites excluding steroid dienone is 4. The van der Waals surface area contributed by atoms with Crippen LogP contribution in [0.2, 0.25) is 0 Å². The van der Waals surface area contributed by atoms with Crippen molar-refractivity contribution in [1.82, 2.24) is 0 Å². The normalized spacial score (nSPS) is 16.1. The molecule has 0 amide bonds. The summed E-state index contributed by atoms with van der Waals surface area (Å²) in [5.41, 5.74) is 5.02. The molecule has 1 atom stereocenters. The Labute approximate surface area is 178 Å². The first-order valence-corrected chi connectivity index (χ1v) is 10.4. The second kappa shape index (κ2) is 9.21. The van der Waals surface area contributed by atoms with Crippen LogP contribution in [0.3, 0.4) is 0 Å². The molecule has 4 heteroatoms. The van der Waals surface area contributed by atoms with Gasteiger partial charge in [-0.15, -0.1) is 0 Å². The summed E-state index contributed by atoms with van der Waals surface area (Å²) in [5, 5.41) is 21.2. The van der Waals surface area contributed by atoms with Gasteiger partial charge in [0.1, 0.15) is 28.9 Å². The average molecular weight is 407 g/mol. The number of fused-ring (bicyclic) bond motifs is 1. The maximum Gasteiger partial charge on any atom is 0.174 e. The fourth-order valence-electron chi connectivity index (χ4n) is 3.64. The van der Waals surface area contributed by atoms with Gasteiger partial charge in [-0.3, -0.25) is 4.79 Å². The topological polar surface area (TPSA) is 66.8 Å².